The lowest BCUT2D eigenvalue weighted by Crippen LogP contribution is -2.43. The number of aromatic nitrogens is 1. The summed E-state index contributed by atoms with van der Waals surface area (Å²) < 4.78 is 5.37. The molecular weight excluding hydrogens is 402 g/mol. The quantitative estimate of drug-likeness (QED) is 0.463. The third kappa shape index (κ3) is 4.70. The first-order valence-corrected chi connectivity index (χ1v) is 10.4. The molecule has 2 aromatic carbocycles. The molecule has 1 aliphatic heterocycles. The largest absolute Gasteiger partial charge is 0.497 e. The monoisotopic (exact) mass is 427 g/mol. The van der Waals surface area contributed by atoms with Gasteiger partial charge in [0.05, 0.1) is 7.11 Å². The average Bonchev–Trinajstić information content (AvgIpc) is 2.79. The van der Waals surface area contributed by atoms with E-state index in [1.165, 1.54) is 0 Å². The molecule has 6 nitrogen and oxygen atoms in total. The van der Waals surface area contributed by atoms with Crippen LogP contribution in [0.1, 0.15) is 45.7 Å². The summed E-state index contributed by atoms with van der Waals surface area (Å²) in [4.78, 5) is 29.8. The Bertz CT molecular complexity index is 1200. The lowest BCUT2D eigenvalue weighted by Gasteiger charge is -2.35. The number of methoxy groups -OCH3 is 1. The van der Waals surface area contributed by atoms with E-state index in [0.29, 0.717) is 16.9 Å². The summed E-state index contributed by atoms with van der Waals surface area (Å²) in [5, 5.41) is 6.21. The van der Waals surface area contributed by atoms with Gasteiger partial charge in [0.25, 0.3) is 5.91 Å². The SMILES string of the molecule is COc1ccc2c(c1)C(=CC(=O)c1cccc(C(=O)Nc3ccccn3)c1)NC(C)(C)C2. The van der Waals surface area contributed by atoms with E-state index < -0.39 is 0 Å². The molecule has 0 radical (unpaired) electrons. The predicted molar refractivity (Wildman–Crippen MR) is 125 cm³/mol. The fourth-order valence-corrected chi connectivity index (χ4v) is 3.81. The summed E-state index contributed by atoms with van der Waals surface area (Å²) in [6, 6.07) is 17.9. The Hall–Kier alpha value is -3.93. The van der Waals surface area contributed by atoms with Crippen LogP contribution in [0, 0.1) is 0 Å². The highest BCUT2D eigenvalue weighted by molar-refractivity contribution is 6.11. The van der Waals surface area contributed by atoms with E-state index in [9.17, 15) is 9.59 Å². The molecular formula is C26H25N3O3. The van der Waals surface area contributed by atoms with Gasteiger partial charge in [0.1, 0.15) is 11.6 Å². The number of ether oxygens (including phenoxy) is 1. The zero-order chi connectivity index (χ0) is 22.7. The molecule has 0 saturated carbocycles. The lowest BCUT2D eigenvalue weighted by atomic mass is 9.85. The molecule has 1 amide bonds. The number of allylic oxidation sites excluding steroid dienone is 1. The molecule has 162 valence electrons. The van der Waals surface area contributed by atoms with Gasteiger partial charge in [-0.3, -0.25) is 9.59 Å². The van der Waals surface area contributed by atoms with Gasteiger partial charge in [0.2, 0.25) is 0 Å². The molecule has 3 aromatic rings. The standard InChI is InChI=1S/C26H25N3O3/c1-26(2)16-19-10-11-20(32-3)14-21(19)22(29-26)15-23(30)17-7-6-8-18(13-17)25(31)28-24-9-4-5-12-27-24/h4-15,29H,16H2,1-3H3,(H,27,28,31). The molecule has 0 aliphatic carbocycles. The summed E-state index contributed by atoms with van der Waals surface area (Å²) in [5.74, 6) is 0.678. The van der Waals surface area contributed by atoms with Crippen LogP contribution in [-0.4, -0.2) is 29.3 Å². The van der Waals surface area contributed by atoms with Crippen molar-refractivity contribution in [3.63, 3.8) is 0 Å². The van der Waals surface area contributed by atoms with Crippen molar-refractivity contribution < 1.29 is 14.3 Å². The summed E-state index contributed by atoms with van der Waals surface area (Å²) in [6.45, 7) is 4.20. The topological polar surface area (TPSA) is 80.3 Å². The number of amides is 1. The number of carbonyl (C=O) groups is 2. The molecule has 32 heavy (non-hydrogen) atoms. The predicted octanol–water partition coefficient (Wildman–Crippen LogP) is 4.49. The van der Waals surface area contributed by atoms with Crippen LogP contribution in [0.25, 0.3) is 5.70 Å². The molecule has 2 N–H and O–H groups in total. The maximum absolute atomic E-state index is 13.1. The number of carbonyl (C=O) groups excluding carboxylic acids is 2. The lowest BCUT2D eigenvalue weighted by molar-refractivity contribution is 0.102. The molecule has 1 aliphatic rings. The van der Waals surface area contributed by atoms with E-state index in [-0.39, 0.29) is 17.2 Å². The maximum atomic E-state index is 13.1. The number of nitrogens with one attached hydrogen (secondary N) is 2. The Morgan fingerprint density at radius 3 is 2.62 bits per heavy atom. The first-order valence-electron chi connectivity index (χ1n) is 10.4. The van der Waals surface area contributed by atoms with Crippen molar-refractivity contribution in [3.8, 4) is 5.75 Å². The molecule has 2 heterocycles. The van der Waals surface area contributed by atoms with Gasteiger partial charge in [-0.15, -0.1) is 0 Å². The fourth-order valence-electron chi connectivity index (χ4n) is 3.81. The van der Waals surface area contributed by atoms with E-state index in [1.54, 1.807) is 61.8 Å². The van der Waals surface area contributed by atoms with Gasteiger partial charge in [-0.25, -0.2) is 4.98 Å². The minimum atomic E-state index is -0.321. The van der Waals surface area contributed by atoms with Crippen molar-refractivity contribution >= 4 is 23.2 Å². The van der Waals surface area contributed by atoms with E-state index in [2.05, 4.69) is 29.5 Å². The fraction of sp³-hybridized carbons (Fsp3) is 0.192. The Morgan fingerprint density at radius 2 is 1.88 bits per heavy atom. The van der Waals surface area contributed by atoms with Crippen LogP contribution in [0.2, 0.25) is 0 Å². The Labute approximate surface area is 187 Å². The molecule has 0 bridgehead atoms. The zero-order valence-corrected chi connectivity index (χ0v) is 18.3. The molecule has 0 fully saturated rings. The van der Waals surface area contributed by atoms with E-state index in [0.717, 1.165) is 29.0 Å². The van der Waals surface area contributed by atoms with Crippen molar-refractivity contribution in [3.05, 3.63) is 95.2 Å². The van der Waals surface area contributed by atoms with Gasteiger partial charge < -0.3 is 15.4 Å². The van der Waals surface area contributed by atoms with Gasteiger partial charge in [-0.05, 0) is 62.2 Å². The van der Waals surface area contributed by atoms with Crippen LogP contribution >= 0.6 is 0 Å². The highest BCUT2D eigenvalue weighted by Crippen LogP contribution is 2.32. The number of benzene rings is 2. The van der Waals surface area contributed by atoms with Crippen molar-refractivity contribution in [2.45, 2.75) is 25.8 Å². The second-order valence-electron chi connectivity index (χ2n) is 8.38. The third-order valence-corrected chi connectivity index (χ3v) is 5.30. The van der Waals surface area contributed by atoms with Gasteiger partial charge in [-0.2, -0.15) is 0 Å². The molecule has 1 aromatic heterocycles. The van der Waals surface area contributed by atoms with Crippen molar-refractivity contribution in [1.29, 1.82) is 0 Å². The van der Waals surface area contributed by atoms with Crippen LogP contribution in [0.4, 0.5) is 5.82 Å². The Morgan fingerprint density at radius 1 is 1.06 bits per heavy atom. The van der Waals surface area contributed by atoms with Gasteiger partial charge in [0, 0.05) is 40.2 Å². The van der Waals surface area contributed by atoms with Gasteiger partial charge in [-0.1, -0.05) is 24.3 Å². The molecule has 0 unspecified atom stereocenters. The van der Waals surface area contributed by atoms with Crippen LogP contribution in [0.3, 0.4) is 0 Å². The second-order valence-corrected chi connectivity index (χ2v) is 8.38. The number of fused-ring (bicyclic) bond motifs is 1. The van der Waals surface area contributed by atoms with Crippen LogP contribution in [-0.2, 0) is 6.42 Å². The minimum Gasteiger partial charge on any atom is -0.497 e. The summed E-state index contributed by atoms with van der Waals surface area (Å²) in [7, 11) is 1.62. The van der Waals surface area contributed by atoms with Crippen LogP contribution < -0.4 is 15.4 Å². The third-order valence-electron chi connectivity index (χ3n) is 5.30. The van der Waals surface area contributed by atoms with Crippen LogP contribution in [0.15, 0.2) is 72.9 Å². The summed E-state index contributed by atoms with van der Waals surface area (Å²) in [5.41, 5.74) is 3.46. The average molecular weight is 428 g/mol. The molecule has 4 rings (SSSR count). The van der Waals surface area contributed by atoms with Crippen molar-refractivity contribution in [1.82, 2.24) is 10.3 Å². The summed E-state index contributed by atoms with van der Waals surface area (Å²) in [6.07, 6.45) is 4.03. The van der Waals surface area contributed by atoms with Crippen molar-refractivity contribution in [2.24, 2.45) is 0 Å². The molecule has 0 saturated heterocycles. The number of nitrogens with zero attached hydrogens (tertiary/aromatic N) is 1. The van der Waals surface area contributed by atoms with Crippen LogP contribution in [0.5, 0.6) is 5.75 Å². The first kappa shape index (κ1) is 21.3. The number of pyridine rings is 1. The normalized spacial score (nSPS) is 15.4. The maximum Gasteiger partial charge on any atom is 0.256 e. The summed E-state index contributed by atoms with van der Waals surface area (Å²) >= 11 is 0. The van der Waals surface area contributed by atoms with E-state index in [1.807, 2.05) is 18.2 Å². The number of ketones is 1. The zero-order valence-electron chi connectivity index (χ0n) is 18.3. The number of hydrogen-bond acceptors (Lipinski definition) is 5. The van der Waals surface area contributed by atoms with Crippen molar-refractivity contribution in [2.75, 3.05) is 12.4 Å². The minimum absolute atomic E-state index is 0.188. The Balaban J connectivity index is 1.63. The Kier molecular flexibility index (Phi) is 5.77. The highest BCUT2D eigenvalue weighted by Gasteiger charge is 2.28. The molecule has 6 heteroatoms. The number of anilines is 1. The number of hydrogen-bond donors (Lipinski definition) is 2. The first-order chi connectivity index (χ1) is 15.3. The highest BCUT2D eigenvalue weighted by atomic mass is 16.5. The number of rotatable bonds is 5. The molecule has 0 atom stereocenters. The van der Waals surface area contributed by atoms with Gasteiger partial charge in [0.15, 0.2) is 5.78 Å². The van der Waals surface area contributed by atoms with E-state index >= 15 is 0 Å². The second kappa shape index (κ2) is 8.67. The van der Waals surface area contributed by atoms with Gasteiger partial charge >= 0.3 is 0 Å². The van der Waals surface area contributed by atoms with E-state index in [4.69, 9.17) is 4.74 Å². The smallest absolute Gasteiger partial charge is 0.256 e. The molecule has 0 spiro atoms.